The number of para-hydroxylation sites is 1. The van der Waals surface area contributed by atoms with Crippen molar-refractivity contribution in [2.75, 3.05) is 29.9 Å². The van der Waals surface area contributed by atoms with E-state index in [-0.39, 0.29) is 11.8 Å². The first-order valence-electron chi connectivity index (χ1n) is 8.01. The van der Waals surface area contributed by atoms with Crippen LogP contribution in [0.4, 0.5) is 15.8 Å². The van der Waals surface area contributed by atoms with Gasteiger partial charge in [-0.2, -0.15) is 5.26 Å². The molecule has 2 aromatic rings. The molecule has 4 rings (SSSR count). The van der Waals surface area contributed by atoms with Crippen molar-refractivity contribution in [1.29, 1.82) is 5.26 Å². The number of hydrogen-bond acceptors (Lipinski definition) is 6. The fraction of sp³-hybridized carbons (Fsp3) is 0.353. The second kappa shape index (κ2) is 6.13. The zero-order valence-corrected chi connectivity index (χ0v) is 13.9. The number of likely N-dealkylation sites (tertiary alicyclic amines) is 1. The maximum atomic E-state index is 12.3. The predicted molar refractivity (Wildman–Crippen MR) is 93.2 cm³/mol. The van der Waals surface area contributed by atoms with E-state index in [4.69, 9.17) is 5.26 Å². The lowest BCUT2D eigenvalue weighted by molar-refractivity contribution is -0.119. The van der Waals surface area contributed by atoms with Crippen LogP contribution in [0.15, 0.2) is 30.5 Å². The van der Waals surface area contributed by atoms with Gasteiger partial charge in [-0.1, -0.05) is 29.5 Å². The fourth-order valence-corrected chi connectivity index (χ4v) is 4.15. The number of aromatic nitrogens is 1. The van der Waals surface area contributed by atoms with E-state index in [9.17, 15) is 4.79 Å². The van der Waals surface area contributed by atoms with Gasteiger partial charge in [-0.05, 0) is 24.5 Å². The van der Waals surface area contributed by atoms with E-state index in [0.29, 0.717) is 18.2 Å². The van der Waals surface area contributed by atoms with Crippen molar-refractivity contribution in [1.82, 2.24) is 9.88 Å². The number of hydrogen-bond donors (Lipinski definition) is 1. The molecule has 1 fully saturated rings. The lowest BCUT2D eigenvalue weighted by atomic mass is 10.1. The summed E-state index contributed by atoms with van der Waals surface area (Å²) in [7, 11) is 0. The summed E-state index contributed by atoms with van der Waals surface area (Å²) in [4.78, 5) is 20.5. The summed E-state index contributed by atoms with van der Waals surface area (Å²) in [6.45, 7) is 2.09. The number of thiazole rings is 1. The van der Waals surface area contributed by atoms with E-state index < -0.39 is 0 Å². The minimum Gasteiger partial charge on any atom is -0.331 e. The average Bonchev–Trinajstić information content (AvgIpc) is 3.33. The summed E-state index contributed by atoms with van der Waals surface area (Å²) in [6.07, 6.45) is 5.66. The standard InChI is InChI=1S/C17H17N5OS/c18-11-21-7-5-13(10-21)16(23)20-17-19-9-15(24-17)22-8-6-12-3-1-2-4-14(12)22/h1-4,9,13H,5-8,10H2,(H,19,20,23). The van der Waals surface area contributed by atoms with Gasteiger partial charge in [0.25, 0.3) is 0 Å². The number of nitrogens with one attached hydrogen (secondary N) is 1. The van der Waals surface area contributed by atoms with E-state index >= 15 is 0 Å². The van der Waals surface area contributed by atoms with Gasteiger partial charge < -0.3 is 15.1 Å². The van der Waals surface area contributed by atoms with Gasteiger partial charge >= 0.3 is 0 Å². The van der Waals surface area contributed by atoms with Crippen LogP contribution in [0.5, 0.6) is 0 Å². The van der Waals surface area contributed by atoms with Crippen LogP contribution in [0, 0.1) is 17.4 Å². The van der Waals surface area contributed by atoms with Crippen LogP contribution in [-0.2, 0) is 11.2 Å². The molecule has 1 unspecified atom stereocenters. The van der Waals surface area contributed by atoms with Crippen LogP contribution in [0.3, 0.4) is 0 Å². The minimum atomic E-state index is -0.135. The number of carbonyl (C=O) groups excluding carboxylic acids is 1. The number of nitriles is 1. The van der Waals surface area contributed by atoms with Gasteiger partial charge in [0, 0.05) is 25.3 Å². The first-order chi connectivity index (χ1) is 11.7. The SMILES string of the molecule is N#CN1CCC(C(=O)Nc2ncc(N3CCc4ccccc43)s2)C1. The van der Waals surface area contributed by atoms with Gasteiger partial charge in [0.15, 0.2) is 11.3 Å². The highest BCUT2D eigenvalue weighted by Gasteiger charge is 2.28. The van der Waals surface area contributed by atoms with Crippen LogP contribution in [0.2, 0.25) is 0 Å². The predicted octanol–water partition coefficient (Wildman–Crippen LogP) is 2.58. The van der Waals surface area contributed by atoms with E-state index in [1.807, 2.05) is 12.3 Å². The maximum absolute atomic E-state index is 12.3. The van der Waals surface area contributed by atoms with Crippen LogP contribution in [0.1, 0.15) is 12.0 Å². The van der Waals surface area contributed by atoms with Gasteiger partial charge in [0.1, 0.15) is 5.00 Å². The highest BCUT2D eigenvalue weighted by molar-refractivity contribution is 7.19. The van der Waals surface area contributed by atoms with Crippen molar-refractivity contribution in [2.45, 2.75) is 12.8 Å². The molecule has 2 aliphatic heterocycles. The fourth-order valence-electron chi connectivity index (χ4n) is 3.29. The molecule has 7 heteroatoms. The molecule has 1 amide bonds. The molecule has 1 atom stereocenters. The average molecular weight is 339 g/mol. The molecule has 0 radical (unpaired) electrons. The summed E-state index contributed by atoms with van der Waals surface area (Å²) in [6, 6.07) is 8.38. The molecule has 0 saturated carbocycles. The highest BCUT2D eigenvalue weighted by atomic mass is 32.1. The van der Waals surface area contributed by atoms with Crippen molar-refractivity contribution in [2.24, 2.45) is 5.92 Å². The Morgan fingerprint density at radius 3 is 3.08 bits per heavy atom. The zero-order chi connectivity index (χ0) is 16.5. The van der Waals surface area contributed by atoms with Gasteiger partial charge in [0.2, 0.25) is 5.91 Å². The van der Waals surface area contributed by atoms with Crippen LogP contribution < -0.4 is 10.2 Å². The lowest BCUT2D eigenvalue weighted by Crippen LogP contribution is -2.25. The molecule has 2 aliphatic rings. The molecule has 0 aliphatic carbocycles. The third-order valence-corrected chi connectivity index (χ3v) is 5.51. The van der Waals surface area contributed by atoms with E-state index in [0.717, 1.165) is 24.4 Å². The number of benzene rings is 1. The Kier molecular flexibility index (Phi) is 3.82. The van der Waals surface area contributed by atoms with Crippen molar-refractivity contribution >= 4 is 33.1 Å². The van der Waals surface area contributed by atoms with E-state index in [2.05, 4.69) is 39.6 Å². The Balaban J connectivity index is 1.45. The third kappa shape index (κ3) is 2.69. The zero-order valence-electron chi connectivity index (χ0n) is 13.1. The first-order valence-corrected chi connectivity index (χ1v) is 8.83. The maximum Gasteiger partial charge on any atom is 0.231 e. The molecule has 0 spiro atoms. The summed E-state index contributed by atoms with van der Waals surface area (Å²) in [5.74, 6) is -0.181. The Hall–Kier alpha value is -2.59. The summed E-state index contributed by atoms with van der Waals surface area (Å²) in [5, 5.41) is 13.5. The van der Waals surface area contributed by atoms with Crippen molar-refractivity contribution in [3.8, 4) is 6.19 Å². The van der Waals surface area contributed by atoms with Crippen molar-refractivity contribution < 1.29 is 4.79 Å². The van der Waals surface area contributed by atoms with Gasteiger partial charge in [0.05, 0.1) is 12.1 Å². The first kappa shape index (κ1) is 15.0. The monoisotopic (exact) mass is 339 g/mol. The topological polar surface area (TPSA) is 72.3 Å². The molecule has 1 aromatic heterocycles. The molecule has 0 bridgehead atoms. The summed E-state index contributed by atoms with van der Waals surface area (Å²) >= 11 is 1.49. The number of fused-ring (bicyclic) bond motifs is 1. The van der Waals surface area contributed by atoms with Gasteiger partial charge in [-0.25, -0.2) is 4.98 Å². The smallest absolute Gasteiger partial charge is 0.231 e. The van der Waals surface area contributed by atoms with Gasteiger partial charge in [-0.3, -0.25) is 4.79 Å². The number of amides is 1. The Morgan fingerprint density at radius 2 is 2.25 bits per heavy atom. The number of carbonyl (C=O) groups is 1. The molecule has 122 valence electrons. The number of nitrogens with zero attached hydrogens (tertiary/aromatic N) is 4. The number of anilines is 3. The van der Waals surface area contributed by atoms with Crippen LogP contribution in [-0.4, -0.2) is 35.4 Å². The lowest BCUT2D eigenvalue weighted by Gasteiger charge is -2.16. The molecule has 3 heterocycles. The normalized spacial score (nSPS) is 19.2. The molecule has 1 N–H and O–H groups in total. The second-order valence-corrected chi connectivity index (χ2v) is 7.06. The van der Waals surface area contributed by atoms with E-state index in [1.165, 1.54) is 22.6 Å². The second-order valence-electron chi connectivity index (χ2n) is 6.05. The molecular formula is C17H17N5OS. The third-order valence-electron chi connectivity index (χ3n) is 4.58. The molecule has 1 aromatic carbocycles. The molecular weight excluding hydrogens is 322 g/mol. The van der Waals surface area contributed by atoms with Gasteiger partial charge in [-0.15, -0.1) is 0 Å². The van der Waals surface area contributed by atoms with Crippen LogP contribution >= 0.6 is 11.3 Å². The summed E-state index contributed by atoms with van der Waals surface area (Å²) < 4.78 is 0. The quantitative estimate of drug-likeness (QED) is 0.870. The Morgan fingerprint density at radius 1 is 1.38 bits per heavy atom. The van der Waals surface area contributed by atoms with Crippen LogP contribution in [0.25, 0.3) is 0 Å². The Bertz CT molecular complexity index is 811. The highest BCUT2D eigenvalue weighted by Crippen LogP contribution is 2.38. The number of rotatable bonds is 3. The van der Waals surface area contributed by atoms with E-state index in [1.54, 1.807) is 4.90 Å². The largest absolute Gasteiger partial charge is 0.331 e. The minimum absolute atomic E-state index is 0.0459. The molecule has 24 heavy (non-hydrogen) atoms. The molecule has 6 nitrogen and oxygen atoms in total. The van der Waals surface area contributed by atoms with Crippen molar-refractivity contribution in [3.63, 3.8) is 0 Å². The Labute approximate surface area is 144 Å². The summed E-state index contributed by atoms with van der Waals surface area (Å²) in [5.41, 5.74) is 2.57. The molecule has 1 saturated heterocycles. The van der Waals surface area contributed by atoms with Crippen molar-refractivity contribution in [3.05, 3.63) is 36.0 Å².